The maximum absolute atomic E-state index is 6.51. The molecule has 0 unspecified atom stereocenters. The van der Waals surface area contributed by atoms with Crippen LogP contribution in [0.2, 0.25) is 5.02 Å². The Kier molecular flexibility index (Phi) is 7.28. The summed E-state index contributed by atoms with van der Waals surface area (Å²) < 4.78 is 10.9. The van der Waals surface area contributed by atoms with Crippen LogP contribution in [-0.4, -0.2) is 42.9 Å². The molecule has 0 aromatic carbocycles. The topological polar surface area (TPSA) is 68.3 Å². The molecule has 162 valence electrons. The number of nitrogens with one attached hydrogen (secondary N) is 2. The van der Waals surface area contributed by atoms with Crippen molar-refractivity contribution in [2.45, 2.75) is 51.0 Å². The first-order valence-corrected chi connectivity index (χ1v) is 11.4. The summed E-state index contributed by atoms with van der Waals surface area (Å²) in [5, 5.41) is 7.72. The fourth-order valence-corrected chi connectivity index (χ4v) is 4.50. The van der Waals surface area contributed by atoms with Crippen molar-refractivity contribution in [1.82, 2.24) is 9.97 Å². The van der Waals surface area contributed by atoms with Gasteiger partial charge in [0, 0.05) is 49.3 Å². The molecule has 0 atom stereocenters. The molecule has 2 aromatic rings. The van der Waals surface area contributed by atoms with Crippen molar-refractivity contribution in [3.8, 4) is 17.0 Å². The molecule has 1 aliphatic heterocycles. The van der Waals surface area contributed by atoms with Crippen LogP contribution in [0.5, 0.6) is 5.88 Å². The first kappa shape index (κ1) is 21.2. The number of pyridine rings is 2. The summed E-state index contributed by atoms with van der Waals surface area (Å²) in [4.78, 5) is 9.01. The molecule has 6 nitrogen and oxygen atoms in total. The smallest absolute Gasteiger partial charge is 0.237 e. The molecular weight excluding hydrogens is 400 g/mol. The van der Waals surface area contributed by atoms with Crippen LogP contribution in [0.1, 0.15) is 44.9 Å². The van der Waals surface area contributed by atoms with Gasteiger partial charge in [0.05, 0.1) is 17.8 Å². The highest BCUT2D eigenvalue weighted by Crippen LogP contribution is 2.34. The molecule has 2 fully saturated rings. The summed E-state index contributed by atoms with van der Waals surface area (Å²) in [6, 6.07) is 4.59. The van der Waals surface area contributed by atoms with Crippen LogP contribution in [-0.2, 0) is 4.74 Å². The number of halogens is 1. The highest BCUT2D eigenvalue weighted by molar-refractivity contribution is 6.33. The lowest BCUT2D eigenvalue weighted by Crippen LogP contribution is -2.23. The SMILES string of the molecule is COc1ncc(-c2cc(NC3CCCCC3)ncc2Cl)cc1NCC1CCOCC1. The number of ether oxygens (including phenoxy) is 2. The average molecular weight is 431 g/mol. The van der Waals surface area contributed by atoms with Crippen molar-refractivity contribution >= 4 is 23.1 Å². The summed E-state index contributed by atoms with van der Waals surface area (Å²) in [5.41, 5.74) is 2.76. The summed E-state index contributed by atoms with van der Waals surface area (Å²) in [6.07, 6.45) is 12.0. The van der Waals surface area contributed by atoms with Gasteiger partial charge in [0.1, 0.15) is 5.82 Å². The monoisotopic (exact) mass is 430 g/mol. The van der Waals surface area contributed by atoms with E-state index in [1.165, 1.54) is 32.1 Å². The van der Waals surface area contributed by atoms with Crippen molar-refractivity contribution in [3.63, 3.8) is 0 Å². The number of anilines is 2. The van der Waals surface area contributed by atoms with Crippen LogP contribution in [0.4, 0.5) is 11.5 Å². The van der Waals surface area contributed by atoms with Crippen molar-refractivity contribution < 1.29 is 9.47 Å². The van der Waals surface area contributed by atoms with Gasteiger partial charge >= 0.3 is 0 Å². The van der Waals surface area contributed by atoms with Gasteiger partial charge in [-0.05, 0) is 43.7 Å². The zero-order valence-corrected chi connectivity index (χ0v) is 18.4. The van der Waals surface area contributed by atoms with E-state index in [-0.39, 0.29) is 0 Å². The molecule has 30 heavy (non-hydrogen) atoms. The van der Waals surface area contributed by atoms with Crippen molar-refractivity contribution in [1.29, 1.82) is 0 Å². The normalized spacial score (nSPS) is 18.2. The van der Waals surface area contributed by atoms with E-state index >= 15 is 0 Å². The molecule has 0 amide bonds. The Bertz CT molecular complexity index is 836. The minimum Gasteiger partial charge on any atom is -0.480 e. The van der Waals surface area contributed by atoms with Crippen molar-refractivity contribution in [3.05, 3.63) is 29.5 Å². The largest absolute Gasteiger partial charge is 0.480 e. The summed E-state index contributed by atoms with van der Waals surface area (Å²) in [6.45, 7) is 2.56. The van der Waals surface area contributed by atoms with E-state index in [1.54, 1.807) is 13.3 Å². The van der Waals surface area contributed by atoms with Crippen LogP contribution in [0.3, 0.4) is 0 Å². The second-order valence-electron chi connectivity index (χ2n) is 8.25. The molecule has 0 spiro atoms. The molecule has 1 saturated carbocycles. The molecule has 2 N–H and O–H groups in total. The van der Waals surface area contributed by atoms with Crippen LogP contribution < -0.4 is 15.4 Å². The van der Waals surface area contributed by atoms with Gasteiger partial charge in [-0.25, -0.2) is 9.97 Å². The number of hydrogen-bond donors (Lipinski definition) is 2. The summed E-state index contributed by atoms with van der Waals surface area (Å²) >= 11 is 6.51. The van der Waals surface area contributed by atoms with Gasteiger partial charge in [0.15, 0.2) is 0 Å². The fraction of sp³-hybridized carbons (Fsp3) is 0.565. The Morgan fingerprint density at radius 2 is 1.87 bits per heavy atom. The molecule has 7 heteroatoms. The zero-order chi connectivity index (χ0) is 20.8. The zero-order valence-electron chi connectivity index (χ0n) is 17.6. The van der Waals surface area contributed by atoms with Crippen LogP contribution in [0.25, 0.3) is 11.1 Å². The average Bonchev–Trinajstić information content (AvgIpc) is 2.80. The number of nitrogens with zero attached hydrogens (tertiary/aromatic N) is 2. The minimum absolute atomic E-state index is 0.492. The fourth-order valence-electron chi connectivity index (χ4n) is 4.29. The van der Waals surface area contributed by atoms with E-state index < -0.39 is 0 Å². The van der Waals surface area contributed by atoms with Crippen LogP contribution in [0, 0.1) is 5.92 Å². The predicted octanol–water partition coefficient (Wildman–Crippen LogP) is 5.39. The molecule has 1 aliphatic carbocycles. The number of methoxy groups -OCH3 is 1. The van der Waals surface area contributed by atoms with Crippen molar-refractivity contribution in [2.75, 3.05) is 37.5 Å². The van der Waals surface area contributed by atoms with Gasteiger partial charge < -0.3 is 20.1 Å². The summed E-state index contributed by atoms with van der Waals surface area (Å²) in [5.74, 6) is 2.06. The van der Waals surface area contributed by atoms with E-state index in [0.29, 0.717) is 22.9 Å². The lowest BCUT2D eigenvalue weighted by molar-refractivity contribution is 0.0699. The minimum atomic E-state index is 0.492. The standard InChI is InChI=1S/C23H31ClN4O2/c1-29-23-21(25-13-16-7-9-30-10-8-16)11-17(14-27-23)19-12-22(26-15-20(19)24)28-18-5-3-2-4-6-18/h11-12,14-16,18,25H,2-10,13H2,1H3,(H,26,28). The highest BCUT2D eigenvalue weighted by atomic mass is 35.5. The third kappa shape index (κ3) is 5.35. The third-order valence-electron chi connectivity index (χ3n) is 6.09. The first-order valence-electron chi connectivity index (χ1n) is 11.0. The van der Waals surface area contributed by atoms with Gasteiger partial charge in [-0.3, -0.25) is 0 Å². The molecule has 4 rings (SSSR count). The number of aromatic nitrogens is 2. The van der Waals surface area contributed by atoms with E-state index in [1.807, 2.05) is 12.3 Å². The first-order chi connectivity index (χ1) is 14.7. The van der Waals surface area contributed by atoms with E-state index in [4.69, 9.17) is 21.1 Å². The Balaban J connectivity index is 1.52. The Hall–Kier alpha value is -2.05. The lowest BCUT2D eigenvalue weighted by atomic mass is 9.95. The third-order valence-corrected chi connectivity index (χ3v) is 6.39. The van der Waals surface area contributed by atoms with Gasteiger partial charge in [0.25, 0.3) is 0 Å². The number of rotatable bonds is 7. The van der Waals surface area contributed by atoms with Crippen molar-refractivity contribution in [2.24, 2.45) is 5.92 Å². The second kappa shape index (κ2) is 10.3. The van der Waals surface area contributed by atoms with Gasteiger partial charge in [-0.1, -0.05) is 30.9 Å². The summed E-state index contributed by atoms with van der Waals surface area (Å²) in [7, 11) is 1.65. The Labute approximate surface area is 183 Å². The molecule has 2 aromatic heterocycles. The van der Waals surface area contributed by atoms with E-state index in [0.717, 1.165) is 55.2 Å². The van der Waals surface area contributed by atoms with E-state index in [2.05, 4.69) is 26.7 Å². The highest BCUT2D eigenvalue weighted by Gasteiger charge is 2.17. The van der Waals surface area contributed by atoms with Gasteiger partial charge in [0.2, 0.25) is 5.88 Å². The number of hydrogen-bond acceptors (Lipinski definition) is 6. The van der Waals surface area contributed by atoms with Gasteiger partial charge in [-0.15, -0.1) is 0 Å². The predicted molar refractivity (Wildman–Crippen MR) is 122 cm³/mol. The Morgan fingerprint density at radius 1 is 1.07 bits per heavy atom. The quantitative estimate of drug-likeness (QED) is 0.613. The van der Waals surface area contributed by atoms with Crippen LogP contribution >= 0.6 is 11.6 Å². The molecule has 1 saturated heterocycles. The molecule has 0 radical (unpaired) electrons. The van der Waals surface area contributed by atoms with E-state index in [9.17, 15) is 0 Å². The molecule has 2 aliphatic rings. The molecule has 3 heterocycles. The maximum Gasteiger partial charge on any atom is 0.237 e. The maximum atomic E-state index is 6.51. The Morgan fingerprint density at radius 3 is 2.63 bits per heavy atom. The van der Waals surface area contributed by atoms with Crippen LogP contribution in [0.15, 0.2) is 24.5 Å². The lowest BCUT2D eigenvalue weighted by Gasteiger charge is -2.24. The molecular formula is C23H31ClN4O2. The second-order valence-corrected chi connectivity index (χ2v) is 8.65. The molecule has 0 bridgehead atoms. The van der Waals surface area contributed by atoms with Gasteiger partial charge in [-0.2, -0.15) is 0 Å².